The van der Waals surface area contributed by atoms with Crippen LogP contribution in [0.25, 0.3) is 10.9 Å². The van der Waals surface area contributed by atoms with Gasteiger partial charge in [0.2, 0.25) is 0 Å². The number of piperidine rings is 1. The van der Waals surface area contributed by atoms with Crippen molar-refractivity contribution in [2.75, 3.05) is 33.9 Å². The lowest BCUT2D eigenvalue weighted by Crippen LogP contribution is -2.53. The minimum Gasteiger partial charge on any atom is -0.497 e. The van der Waals surface area contributed by atoms with Crippen LogP contribution in [0, 0.1) is 0 Å². The molecule has 192 valence electrons. The number of benzene rings is 2. The van der Waals surface area contributed by atoms with E-state index in [9.17, 15) is 4.79 Å². The Labute approximate surface area is 218 Å². The number of aromatic nitrogens is 1. The van der Waals surface area contributed by atoms with Crippen molar-refractivity contribution in [3.05, 3.63) is 77.1 Å². The summed E-state index contributed by atoms with van der Waals surface area (Å²) >= 11 is 0. The van der Waals surface area contributed by atoms with Crippen LogP contribution in [-0.2, 0) is 19.5 Å². The average Bonchev–Trinajstić information content (AvgIpc) is 3.04. The van der Waals surface area contributed by atoms with Crippen LogP contribution in [0.15, 0.2) is 60.4 Å². The van der Waals surface area contributed by atoms with Crippen molar-refractivity contribution >= 4 is 16.9 Å². The third-order valence-electron chi connectivity index (χ3n) is 8.41. The SMILES string of the molecule is CCN1C(=O)N2Cc3cc(OC)cc(OC)c3CC=C2C12CCN(Cc1cccc3cccnc13)CC2. The number of rotatable bonds is 5. The summed E-state index contributed by atoms with van der Waals surface area (Å²) in [5.74, 6) is 1.57. The van der Waals surface area contributed by atoms with Gasteiger partial charge in [-0.1, -0.05) is 30.3 Å². The van der Waals surface area contributed by atoms with Gasteiger partial charge in [0, 0.05) is 55.1 Å². The number of pyridine rings is 1. The number of hydrogen-bond donors (Lipinski definition) is 0. The molecule has 0 bridgehead atoms. The number of carbonyl (C=O) groups is 1. The van der Waals surface area contributed by atoms with Gasteiger partial charge in [0.15, 0.2) is 0 Å². The van der Waals surface area contributed by atoms with Crippen molar-refractivity contribution < 1.29 is 14.3 Å². The van der Waals surface area contributed by atoms with Crippen LogP contribution in [0.5, 0.6) is 11.5 Å². The maximum Gasteiger partial charge on any atom is 0.325 e. The molecule has 37 heavy (non-hydrogen) atoms. The number of ether oxygens (including phenoxy) is 2. The predicted octanol–water partition coefficient (Wildman–Crippen LogP) is 4.98. The predicted molar refractivity (Wildman–Crippen MR) is 144 cm³/mol. The summed E-state index contributed by atoms with van der Waals surface area (Å²) in [6.45, 7) is 6.08. The molecule has 0 radical (unpaired) electrons. The summed E-state index contributed by atoms with van der Waals surface area (Å²) in [4.78, 5) is 25.0. The molecule has 2 fully saturated rings. The molecule has 6 rings (SSSR count). The highest BCUT2D eigenvalue weighted by Crippen LogP contribution is 2.47. The molecular formula is C30H34N4O3. The zero-order valence-electron chi connectivity index (χ0n) is 21.9. The summed E-state index contributed by atoms with van der Waals surface area (Å²) < 4.78 is 11.2. The first-order valence-electron chi connectivity index (χ1n) is 13.2. The summed E-state index contributed by atoms with van der Waals surface area (Å²) in [7, 11) is 3.36. The molecule has 0 unspecified atom stereocenters. The standard InChI is InChI=1S/C30H34N4O3/c1-4-34-29(35)33-20-23-17-24(36-2)18-26(37-3)25(23)10-11-27(33)30(34)12-15-32(16-13-30)19-22-8-5-7-21-9-6-14-31-28(21)22/h5-9,11,14,17-18H,4,10,12-13,15-16,19-20H2,1-3H3. The number of nitrogens with zero attached hydrogens (tertiary/aromatic N) is 4. The molecule has 7 nitrogen and oxygen atoms in total. The second-order valence-electron chi connectivity index (χ2n) is 10.2. The first-order chi connectivity index (χ1) is 18.1. The second kappa shape index (κ2) is 9.38. The number of para-hydroxylation sites is 1. The first kappa shape index (κ1) is 23.8. The van der Waals surface area contributed by atoms with E-state index in [0.29, 0.717) is 13.1 Å². The molecule has 3 aromatic rings. The molecule has 0 saturated carbocycles. The van der Waals surface area contributed by atoms with Crippen molar-refractivity contribution in [2.24, 2.45) is 0 Å². The Morgan fingerprint density at radius 2 is 1.86 bits per heavy atom. The highest BCUT2D eigenvalue weighted by Gasteiger charge is 2.54. The first-order valence-corrected chi connectivity index (χ1v) is 13.2. The van der Waals surface area contributed by atoms with Crippen molar-refractivity contribution in [2.45, 2.75) is 44.8 Å². The van der Waals surface area contributed by atoms with Gasteiger partial charge in [0.1, 0.15) is 11.5 Å². The van der Waals surface area contributed by atoms with Crippen molar-refractivity contribution in [3.63, 3.8) is 0 Å². The maximum atomic E-state index is 13.8. The second-order valence-corrected chi connectivity index (χ2v) is 10.2. The van der Waals surface area contributed by atoms with E-state index < -0.39 is 0 Å². The van der Waals surface area contributed by atoms with E-state index in [2.05, 4.69) is 52.0 Å². The van der Waals surface area contributed by atoms with E-state index >= 15 is 0 Å². The number of allylic oxidation sites excluding steroid dienone is 1. The molecule has 0 N–H and O–H groups in total. The Balaban J connectivity index is 1.28. The van der Waals surface area contributed by atoms with Crippen LogP contribution in [0.2, 0.25) is 0 Å². The Bertz CT molecular complexity index is 1370. The van der Waals surface area contributed by atoms with Crippen LogP contribution in [0.4, 0.5) is 4.79 Å². The van der Waals surface area contributed by atoms with E-state index in [1.807, 2.05) is 29.3 Å². The number of likely N-dealkylation sites (N-methyl/N-ethyl adjacent to an activating group) is 1. The molecule has 1 aromatic heterocycles. The molecule has 0 atom stereocenters. The van der Waals surface area contributed by atoms with E-state index in [-0.39, 0.29) is 11.6 Å². The lowest BCUT2D eigenvalue weighted by Gasteiger charge is -2.44. The van der Waals surface area contributed by atoms with E-state index in [1.54, 1.807) is 14.2 Å². The Morgan fingerprint density at radius 1 is 1.05 bits per heavy atom. The van der Waals surface area contributed by atoms with Crippen LogP contribution >= 0.6 is 0 Å². The fraction of sp³-hybridized carbons (Fsp3) is 0.400. The average molecular weight is 499 g/mol. The normalized spacial score (nSPS) is 19.0. The van der Waals surface area contributed by atoms with Gasteiger partial charge in [0.25, 0.3) is 0 Å². The minimum atomic E-state index is -0.265. The van der Waals surface area contributed by atoms with E-state index in [0.717, 1.165) is 72.7 Å². The Hall–Kier alpha value is -3.58. The molecule has 3 aliphatic rings. The third-order valence-corrected chi connectivity index (χ3v) is 8.41. The van der Waals surface area contributed by atoms with Gasteiger partial charge in [0.05, 0.1) is 31.8 Å². The van der Waals surface area contributed by atoms with Crippen molar-refractivity contribution in [1.29, 1.82) is 0 Å². The number of methoxy groups -OCH3 is 2. The van der Waals surface area contributed by atoms with Gasteiger partial charge in [-0.15, -0.1) is 0 Å². The third kappa shape index (κ3) is 3.84. The lowest BCUT2D eigenvalue weighted by molar-refractivity contribution is 0.0890. The largest absolute Gasteiger partial charge is 0.497 e. The number of amides is 2. The Kier molecular flexibility index (Phi) is 6.03. The van der Waals surface area contributed by atoms with Crippen LogP contribution in [0.3, 0.4) is 0 Å². The van der Waals surface area contributed by atoms with Gasteiger partial charge in [-0.3, -0.25) is 14.8 Å². The monoisotopic (exact) mass is 498 g/mol. The Morgan fingerprint density at radius 3 is 2.62 bits per heavy atom. The number of likely N-dealkylation sites (tertiary alicyclic amines) is 1. The minimum absolute atomic E-state index is 0.107. The quantitative estimate of drug-likeness (QED) is 0.496. The topological polar surface area (TPSA) is 58.1 Å². The number of fused-ring (bicyclic) bond motifs is 4. The number of urea groups is 1. The van der Waals surface area contributed by atoms with Crippen LogP contribution in [0.1, 0.15) is 36.5 Å². The molecule has 2 aromatic carbocycles. The van der Waals surface area contributed by atoms with Gasteiger partial charge >= 0.3 is 6.03 Å². The molecule has 1 spiro atoms. The van der Waals surface area contributed by atoms with Crippen LogP contribution < -0.4 is 9.47 Å². The molecular weight excluding hydrogens is 464 g/mol. The fourth-order valence-corrected chi connectivity index (χ4v) is 6.57. The number of carbonyl (C=O) groups excluding carboxylic acids is 1. The highest BCUT2D eigenvalue weighted by atomic mass is 16.5. The molecule has 2 amide bonds. The molecule has 3 aliphatic heterocycles. The summed E-state index contributed by atoms with van der Waals surface area (Å²) in [5.41, 5.74) is 5.45. The molecule has 2 saturated heterocycles. The molecule has 7 heteroatoms. The fourth-order valence-electron chi connectivity index (χ4n) is 6.57. The van der Waals surface area contributed by atoms with E-state index in [1.165, 1.54) is 10.9 Å². The zero-order chi connectivity index (χ0) is 25.6. The highest BCUT2D eigenvalue weighted by molar-refractivity contribution is 5.83. The zero-order valence-corrected chi connectivity index (χ0v) is 21.9. The van der Waals surface area contributed by atoms with Gasteiger partial charge in [-0.2, -0.15) is 0 Å². The smallest absolute Gasteiger partial charge is 0.325 e. The van der Waals surface area contributed by atoms with Gasteiger partial charge in [-0.05, 0) is 49.4 Å². The molecule has 0 aliphatic carbocycles. The maximum absolute atomic E-state index is 13.8. The summed E-state index contributed by atoms with van der Waals surface area (Å²) in [6.07, 6.45) is 6.73. The number of hydrogen-bond acceptors (Lipinski definition) is 5. The summed E-state index contributed by atoms with van der Waals surface area (Å²) in [5, 5.41) is 1.18. The molecule has 4 heterocycles. The van der Waals surface area contributed by atoms with Crippen molar-refractivity contribution in [3.8, 4) is 11.5 Å². The summed E-state index contributed by atoms with van der Waals surface area (Å²) in [6, 6.07) is 14.6. The van der Waals surface area contributed by atoms with Gasteiger partial charge < -0.3 is 14.4 Å². The van der Waals surface area contributed by atoms with E-state index in [4.69, 9.17) is 9.47 Å². The van der Waals surface area contributed by atoms with Gasteiger partial charge in [-0.25, -0.2) is 4.79 Å². The van der Waals surface area contributed by atoms with Crippen molar-refractivity contribution in [1.82, 2.24) is 19.7 Å². The van der Waals surface area contributed by atoms with Crippen LogP contribution in [-0.4, -0.2) is 65.1 Å². The lowest BCUT2D eigenvalue weighted by atomic mass is 9.83.